The number of aromatic nitrogens is 2. The van der Waals surface area contributed by atoms with Gasteiger partial charge in [-0.3, -0.25) is 14.2 Å². The zero-order valence-corrected chi connectivity index (χ0v) is 23.9. The Morgan fingerprint density at radius 3 is 2.33 bits per heavy atom. The summed E-state index contributed by atoms with van der Waals surface area (Å²) in [5.74, 6) is 0.962. The quantitative estimate of drug-likeness (QED) is 0.230. The van der Waals surface area contributed by atoms with E-state index in [9.17, 15) is 9.59 Å². The second-order valence-corrected chi connectivity index (χ2v) is 11.4. The van der Waals surface area contributed by atoms with Crippen molar-refractivity contribution in [1.29, 1.82) is 0 Å². The molecule has 0 N–H and O–H groups in total. The van der Waals surface area contributed by atoms with Crippen LogP contribution in [0.3, 0.4) is 0 Å². The molecule has 40 heavy (non-hydrogen) atoms. The molecule has 0 fully saturated rings. The summed E-state index contributed by atoms with van der Waals surface area (Å²) in [4.78, 5) is 34.8. The molecule has 0 spiro atoms. The van der Waals surface area contributed by atoms with Crippen molar-refractivity contribution in [3.8, 4) is 5.69 Å². The minimum absolute atomic E-state index is 0.0278. The summed E-state index contributed by atoms with van der Waals surface area (Å²) in [6, 6.07) is 24.1. The number of rotatable bonds is 6. The van der Waals surface area contributed by atoms with Crippen molar-refractivity contribution in [3.05, 3.63) is 129 Å². The number of nitrogens with zero attached hydrogens (tertiary/aromatic N) is 3. The molecule has 0 aliphatic carbocycles. The summed E-state index contributed by atoms with van der Waals surface area (Å²) in [5.41, 5.74) is 5.02. The Bertz CT molecular complexity index is 1730. The average Bonchev–Trinajstić information content (AvgIpc) is 3.45. The van der Waals surface area contributed by atoms with Crippen LogP contribution >= 0.6 is 0 Å². The van der Waals surface area contributed by atoms with Gasteiger partial charge in [-0.05, 0) is 91.4 Å². The molecule has 5 aromatic rings. The molecule has 6 nitrogen and oxygen atoms in total. The van der Waals surface area contributed by atoms with E-state index in [0.29, 0.717) is 33.7 Å². The summed E-state index contributed by atoms with van der Waals surface area (Å²) in [6.45, 7) is 12.6. The smallest absolute Gasteiger partial charge is 0.266 e. The third-order valence-electron chi connectivity index (χ3n) is 7.56. The van der Waals surface area contributed by atoms with E-state index >= 15 is 0 Å². The van der Waals surface area contributed by atoms with Crippen molar-refractivity contribution in [2.24, 2.45) is 0 Å². The van der Waals surface area contributed by atoms with Crippen LogP contribution in [0.5, 0.6) is 0 Å². The van der Waals surface area contributed by atoms with Crippen molar-refractivity contribution >= 4 is 16.8 Å². The molecule has 6 heteroatoms. The number of para-hydroxylation sites is 1. The first-order valence-corrected chi connectivity index (χ1v) is 13.6. The Balaban J connectivity index is 1.67. The molecule has 1 amide bonds. The maximum Gasteiger partial charge on any atom is 0.266 e. The van der Waals surface area contributed by atoms with Gasteiger partial charge < -0.3 is 9.32 Å². The number of carbonyl (C=O) groups is 1. The molecular formula is C34H35N3O3. The maximum atomic E-state index is 14.1. The van der Waals surface area contributed by atoms with Crippen molar-refractivity contribution in [2.45, 2.75) is 59.5 Å². The van der Waals surface area contributed by atoms with Crippen LogP contribution in [0.25, 0.3) is 16.6 Å². The fourth-order valence-electron chi connectivity index (χ4n) is 4.92. The molecule has 0 aliphatic heterocycles. The number of aryl methyl sites for hydroxylation is 2. The normalized spacial score (nSPS) is 12.4. The van der Waals surface area contributed by atoms with Gasteiger partial charge in [-0.2, -0.15) is 0 Å². The zero-order chi connectivity index (χ0) is 28.6. The molecule has 2 heterocycles. The molecule has 0 radical (unpaired) electrons. The molecule has 5 rings (SSSR count). The lowest BCUT2D eigenvalue weighted by molar-refractivity contribution is 0.0648. The van der Waals surface area contributed by atoms with Crippen LogP contribution in [0.4, 0.5) is 0 Å². The van der Waals surface area contributed by atoms with Crippen LogP contribution in [0.2, 0.25) is 0 Å². The van der Waals surface area contributed by atoms with Crippen LogP contribution in [-0.4, -0.2) is 20.4 Å². The largest absolute Gasteiger partial charge is 0.467 e. The molecule has 1 atom stereocenters. The Morgan fingerprint density at radius 2 is 1.68 bits per heavy atom. The second kappa shape index (κ2) is 10.6. The molecular weight excluding hydrogens is 498 g/mol. The van der Waals surface area contributed by atoms with Gasteiger partial charge in [0.1, 0.15) is 11.6 Å². The Labute approximate surface area is 234 Å². The van der Waals surface area contributed by atoms with E-state index in [-0.39, 0.29) is 23.4 Å². The molecule has 0 aliphatic rings. The van der Waals surface area contributed by atoms with E-state index in [2.05, 4.69) is 20.8 Å². The highest BCUT2D eigenvalue weighted by Gasteiger charge is 2.29. The third kappa shape index (κ3) is 5.22. The van der Waals surface area contributed by atoms with Gasteiger partial charge in [-0.1, -0.05) is 51.1 Å². The highest BCUT2D eigenvalue weighted by Crippen LogP contribution is 2.28. The van der Waals surface area contributed by atoms with E-state index in [0.717, 1.165) is 16.7 Å². The number of hydrogen-bond donors (Lipinski definition) is 0. The molecule has 1 unspecified atom stereocenters. The topological polar surface area (TPSA) is 68.3 Å². The summed E-state index contributed by atoms with van der Waals surface area (Å²) < 4.78 is 7.30. The van der Waals surface area contributed by atoms with Gasteiger partial charge in [0.05, 0.1) is 35.4 Å². The predicted octanol–water partition coefficient (Wildman–Crippen LogP) is 7.30. The molecule has 2 aromatic heterocycles. The Kier molecular flexibility index (Phi) is 7.19. The molecule has 0 bridgehead atoms. The minimum atomic E-state index is -0.557. The number of carbonyl (C=O) groups excluding carboxylic acids is 1. The summed E-state index contributed by atoms with van der Waals surface area (Å²) in [6.07, 6.45) is 1.60. The minimum Gasteiger partial charge on any atom is -0.467 e. The number of furan rings is 1. The first kappa shape index (κ1) is 27.1. The number of amides is 1. The summed E-state index contributed by atoms with van der Waals surface area (Å²) in [7, 11) is 0. The Hall–Kier alpha value is -4.45. The SMILES string of the molecule is Cc1ccc(-n2c(C(C)N(Cc3ccco3)C(=O)c3ccc(C(C)(C)C)cc3)nc3ccccc3c2=O)cc1C. The first-order chi connectivity index (χ1) is 19.0. The van der Waals surface area contributed by atoms with Crippen molar-refractivity contribution in [3.63, 3.8) is 0 Å². The van der Waals surface area contributed by atoms with Gasteiger partial charge in [-0.15, -0.1) is 0 Å². The number of hydrogen-bond acceptors (Lipinski definition) is 4. The average molecular weight is 534 g/mol. The third-order valence-corrected chi connectivity index (χ3v) is 7.56. The van der Waals surface area contributed by atoms with E-state index in [1.165, 1.54) is 0 Å². The lowest BCUT2D eigenvalue weighted by Crippen LogP contribution is -2.37. The first-order valence-electron chi connectivity index (χ1n) is 13.6. The van der Waals surface area contributed by atoms with E-state index < -0.39 is 6.04 Å². The van der Waals surface area contributed by atoms with E-state index in [1.54, 1.807) is 27.9 Å². The number of fused-ring (bicyclic) bond motifs is 1. The van der Waals surface area contributed by atoms with Crippen molar-refractivity contribution in [2.75, 3.05) is 0 Å². The second-order valence-electron chi connectivity index (χ2n) is 11.4. The summed E-state index contributed by atoms with van der Waals surface area (Å²) in [5, 5.41) is 0.526. The molecule has 204 valence electrons. The van der Waals surface area contributed by atoms with Gasteiger partial charge in [0.2, 0.25) is 0 Å². The van der Waals surface area contributed by atoms with Crippen molar-refractivity contribution in [1.82, 2.24) is 14.5 Å². The monoisotopic (exact) mass is 533 g/mol. The van der Waals surface area contributed by atoms with Gasteiger partial charge in [-0.25, -0.2) is 4.98 Å². The predicted molar refractivity (Wildman–Crippen MR) is 159 cm³/mol. The molecule has 0 saturated carbocycles. The Morgan fingerprint density at radius 1 is 0.950 bits per heavy atom. The van der Waals surface area contributed by atoms with Crippen LogP contribution in [0.1, 0.15) is 72.4 Å². The van der Waals surface area contributed by atoms with Gasteiger partial charge in [0.15, 0.2) is 0 Å². The number of benzene rings is 3. The maximum absolute atomic E-state index is 14.1. The van der Waals surface area contributed by atoms with Gasteiger partial charge in [0.25, 0.3) is 11.5 Å². The van der Waals surface area contributed by atoms with Crippen molar-refractivity contribution < 1.29 is 9.21 Å². The van der Waals surface area contributed by atoms with Crippen LogP contribution in [0, 0.1) is 13.8 Å². The lowest BCUT2D eigenvalue weighted by atomic mass is 9.86. The molecule has 0 saturated heterocycles. The van der Waals surface area contributed by atoms with Crippen LogP contribution < -0.4 is 5.56 Å². The standard InChI is InChI=1S/C34H35N3O3/c1-22-13-18-27(20-23(22)2)37-31(35-30-12-8-7-11-29(30)33(37)39)24(3)36(21-28-10-9-19-40-28)32(38)25-14-16-26(17-15-25)34(4,5)6/h7-20,24H,21H2,1-6H3. The fraction of sp³-hybridized carbons (Fsp3) is 0.265. The van der Waals surface area contributed by atoms with Gasteiger partial charge in [0, 0.05) is 5.56 Å². The summed E-state index contributed by atoms with van der Waals surface area (Å²) >= 11 is 0. The van der Waals surface area contributed by atoms with E-state index in [1.807, 2.05) is 87.5 Å². The highest BCUT2D eigenvalue weighted by atomic mass is 16.3. The highest BCUT2D eigenvalue weighted by molar-refractivity contribution is 5.94. The lowest BCUT2D eigenvalue weighted by Gasteiger charge is -2.30. The molecule has 3 aromatic carbocycles. The fourth-order valence-corrected chi connectivity index (χ4v) is 4.92. The van der Waals surface area contributed by atoms with Gasteiger partial charge >= 0.3 is 0 Å². The van der Waals surface area contributed by atoms with Crippen LogP contribution in [-0.2, 0) is 12.0 Å². The van der Waals surface area contributed by atoms with Crippen LogP contribution in [0.15, 0.2) is 94.3 Å². The zero-order valence-electron chi connectivity index (χ0n) is 23.9. The van der Waals surface area contributed by atoms with E-state index in [4.69, 9.17) is 9.40 Å².